The fourth-order valence-electron chi connectivity index (χ4n) is 1.90. The molecular formula is C16H15ClO2. The van der Waals surface area contributed by atoms with Gasteiger partial charge in [0.2, 0.25) is 0 Å². The lowest BCUT2D eigenvalue weighted by atomic mass is 9.99. The lowest BCUT2D eigenvalue weighted by Crippen LogP contribution is -2.06. The van der Waals surface area contributed by atoms with E-state index in [9.17, 15) is 4.79 Å². The van der Waals surface area contributed by atoms with Crippen LogP contribution in [-0.4, -0.2) is 12.6 Å². The molecule has 2 nitrogen and oxygen atoms in total. The average molecular weight is 275 g/mol. The molecule has 0 radical (unpaired) electrons. The molecule has 19 heavy (non-hydrogen) atoms. The molecular weight excluding hydrogens is 260 g/mol. The summed E-state index contributed by atoms with van der Waals surface area (Å²) >= 11 is 5.77. The van der Waals surface area contributed by atoms with E-state index in [1.54, 1.807) is 13.0 Å². The smallest absolute Gasteiger partial charge is 0.338 e. The molecule has 3 heteroatoms. The van der Waals surface area contributed by atoms with Gasteiger partial charge in [0.25, 0.3) is 0 Å². The molecule has 2 aromatic carbocycles. The van der Waals surface area contributed by atoms with Gasteiger partial charge in [0.15, 0.2) is 0 Å². The summed E-state index contributed by atoms with van der Waals surface area (Å²) in [5.74, 6) is 0.194. The number of alkyl halides is 1. The molecule has 0 unspecified atom stereocenters. The van der Waals surface area contributed by atoms with Gasteiger partial charge in [-0.05, 0) is 29.7 Å². The van der Waals surface area contributed by atoms with E-state index in [-0.39, 0.29) is 5.97 Å². The van der Waals surface area contributed by atoms with Crippen molar-refractivity contribution in [1.29, 1.82) is 0 Å². The van der Waals surface area contributed by atoms with Gasteiger partial charge in [-0.15, -0.1) is 11.6 Å². The van der Waals surface area contributed by atoms with Crippen molar-refractivity contribution in [3.63, 3.8) is 0 Å². The minimum Gasteiger partial charge on any atom is -0.462 e. The Bertz CT molecular complexity index is 561. The van der Waals surface area contributed by atoms with Crippen LogP contribution in [0.4, 0.5) is 0 Å². The third-order valence-electron chi connectivity index (χ3n) is 2.84. The number of hydrogen-bond donors (Lipinski definition) is 0. The topological polar surface area (TPSA) is 26.3 Å². The lowest BCUT2D eigenvalue weighted by molar-refractivity contribution is 0.0527. The van der Waals surface area contributed by atoms with Gasteiger partial charge in [0, 0.05) is 5.88 Å². The van der Waals surface area contributed by atoms with E-state index in [2.05, 4.69) is 0 Å². The molecule has 0 aliphatic carbocycles. The zero-order valence-corrected chi connectivity index (χ0v) is 11.5. The van der Waals surface area contributed by atoms with E-state index >= 15 is 0 Å². The quantitative estimate of drug-likeness (QED) is 0.615. The summed E-state index contributed by atoms with van der Waals surface area (Å²) in [5, 5.41) is 0. The van der Waals surface area contributed by atoms with Crippen molar-refractivity contribution in [3.05, 3.63) is 59.7 Å². The normalized spacial score (nSPS) is 10.2. The summed E-state index contributed by atoms with van der Waals surface area (Å²) in [5.41, 5.74) is 3.50. The zero-order chi connectivity index (χ0) is 13.7. The summed E-state index contributed by atoms with van der Waals surface area (Å²) < 4.78 is 5.07. The highest BCUT2D eigenvalue weighted by molar-refractivity contribution is 6.17. The molecule has 0 saturated carbocycles. The van der Waals surface area contributed by atoms with Crippen LogP contribution in [0.1, 0.15) is 22.8 Å². The third-order valence-corrected chi connectivity index (χ3v) is 3.15. The van der Waals surface area contributed by atoms with Gasteiger partial charge in [-0.3, -0.25) is 0 Å². The summed E-state index contributed by atoms with van der Waals surface area (Å²) in [4.78, 5) is 11.9. The average Bonchev–Trinajstić information content (AvgIpc) is 2.47. The summed E-state index contributed by atoms with van der Waals surface area (Å²) in [7, 11) is 0. The molecule has 0 heterocycles. The first-order valence-electron chi connectivity index (χ1n) is 6.17. The molecule has 0 aromatic heterocycles. The Morgan fingerprint density at radius 3 is 2.42 bits per heavy atom. The van der Waals surface area contributed by atoms with Crippen molar-refractivity contribution in [1.82, 2.24) is 0 Å². The summed E-state index contributed by atoms with van der Waals surface area (Å²) in [6.45, 7) is 2.17. The molecule has 0 N–H and O–H groups in total. The van der Waals surface area contributed by atoms with Crippen molar-refractivity contribution in [2.24, 2.45) is 0 Å². The minimum atomic E-state index is -0.292. The van der Waals surface area contributed by atoms with E-state index < -0.39 is 0 Å². The maximum absolute atomic E-state index is 11.9. The molecule has 0 aliphatic rings. The fraction of sp³-hybridized carbons (Fsp3) is 0.188. The van der Waals surface area contributed by atoms with Crippen LogP contribution in [0.2, 0.25) is 0 Å². The van der Waals surface area contributed by atoms with Crippen LogP contribution in [0, 0.1) is 0 Å². The second kappa shape index (κ2) is 6.39. The predicted molar refractivity (Wildman–Crippen MR) is 77.4 cm³/mol. The maximum atomic E-state index is 11.9. The predicted octanol–water partition coefficient (Wildman–Crippen LogP) is 4.27. The summed E-state index contributed by atoms with van der Waals surface area (Å²) in [6.07, 6.45) is 0. The number of ether oxygens (including phenoxy) is 1. The van der Waals surface area contributed by atoms with Crippen molar-refractivity contribution in [2.75, 3.05) is 6.61 Å². The van der Waals surface area contributed by atoms with Gasteiger partial charge >= 0.3 is 5.97 Å². The van der Waals surface area contributed by atoms with Crippen LogP contribution in [0.15, 0.2) is 48.5 Å². The number of carbonyl (C=O) groups excluding carboxylic acids is 1. The number of halogens is 1. The molecule has 0 bridgehead atoms. The first-order valence-corrected chi connectivity index (χ1v) is 6.71. The minimum absolute atomic E-state index is 0.292. The maximum Gasteiger partial charge on any atom is 0.338 e. The van der Waals surface area contributed by atoms with Crippen LogP contribution in [0.3, 0.4) is 0 Å². The zero-order valence-electron chi connectivity index (χ0n) is 10.7. The third kappa shape index (κ3) is 3.15. The van der Waals surface area contributed by atoms with E-state index in [0.29, 0.717) is 18.1 Å². The number of hydrogen-bond acceptors (Lipinski definition) is 2. The molecule has 0 fully saturated rings. The van der Waals surface area contributed by atoms with Crippen LogP contribution >= 0.6 is 11.6 Å². The van der Waals surface area contributed by atoms with Gasteiger partial charge in [-0.1, -0.05) is 42.5 Å². The number of carbonyl (C=O) groups is 1. The fourth-order valence-corrected chi connectivity index (χ4v) is 2.07. The second-order valence-electron chi connectivity index (χ2n) is 4.10. The molecule has 0 saturated heterocycles. The van der Waals surface area contributed by atoms with Gasteiger partial charge in [0.05, 0.1) is 12.2 Å². The highest BCUT2D eigenvalue weighted by atomic mass is 35.5. The van der Waals surface area contributed by atoms with Gasteiger partial charge in [-0.25, -0.2) is 4.79 Å². The van der Waals surface area contributed by atoms with Crippen molar-refractivity contribution in [2.45, 2.75) is 12.8 Å². The van der Waals surface area contributed by atoms with Crippen molar-refractivity contribution >= 4 is 17.6 Å². The van der Waals surface area contributed by atoms with Gasteiger partial charge in [-0.2, -0.15) is 0 Å². The molecule has 0 amide bonds. The Hall–Kier alpha value is -1.80. The van der Waals surface area contributed by atoms with Gasteiger partial charge in [0.1, 0.15) is 0 Å². The first kappa shape index (κ1) is 13.6. The highest BCUT2D eigenvalue weighted by Crippen LogP contribution is 2.25. The Morgan fingerprint density at radius 2 is 1.79 bits per heavy atom. The number of benzene rings is 2. The Balaban J connectivity index is 2.40. The summed E-state index contributed by atoms with van der Waals surface area (Å²) in [6, 6.07) is 15.3. The van der Waals surface area contributed by atoms with Crippen molar-refractivity contribution in [3.8, 4) is 11.1 Å². The second-order valence-corrected chi connectivity index (χ2v) is 4.36. The molecule has 0 atom stereocenters. The largest absolute Gasteiger partial charge is 0.462 e. The monoisotopic (exact) mass is 274 g/mol. The Labute approximate surface area is 118 Å². The first-order chi connectivity index (χ1) is 9.26. The van der Waals surface area contributed by atoms with E-state index in [1.165, 1.54) is 0 Å². The molecule has 2 aromatic rings. The Morgan fingerprint density at radius 1 is 1.11 bits per heavy atom. The van der Waals surface area contributed by atoms with Crippen LogP contribution in [0.25, 0.3) is 11.1 Å². The van der Waals surface area contributed by atoms with Crippen LogP contribution < -0.4 is 0 Å². The molecule has 2 rings (SSSR count). The van der Waals surface area contributed by atoms with Gasteiger partial charge < -0.3 is 4.74 Å². The van der Waals surface area contributed by atoms with E-state index in [4.69, 9.17) is 16.3 Å². The number of rotatable bonds is 4. The molecule has 0 aliphatic heterocycles. The van der Waals surface area contributed by atoms with E-state index in [1.807, 2.05) is 42.5 Å². The van der Waals surface area contributed by atoms with E-state index in [0.717, 1.165) is 16.7 Å². The highest BCUT2D eigenvalue weighted by Gasteiger charge is 2.12. The lowest BCUT2D eigenvalue weighted by Gasteiger charge is -2.09. The van der Waals surface area contributed by atoms with Crippen LogP contribution in [0.5, 0.6) is 0 Å². The SMILES string of the molecule is CCOC(=O)c1ccccc1-c1ccc(CCl)cc1. The van der Waals surface area contributed by atoms with Crippen LogP contribution in [-0.2, 0) is 10.6 Å². The van der Waals surface area contributed by atoms with Crippen molar-refractivity contribution < 1.29 is 9.53 Å². The molecule has 98 valence electrons. The standard InChI is InChI=1S/C16H15ClO2/c1-2-19-16(18)15-6-4-3-5-14(15)13-9-7-12(11-17)8-10-13/h3-10H,2,11H2,1H3. The Kier molecular flexibility index (Phi) is 4.58. The number of esters is 1. The molecule has 0 spiro atoms.